The van der Waals surface area contributed by atoms with Gasteiger partial charge in [0.25, 0.3) is 17.5 Å². The molecule has 0 heterocycles. The minimum atomic E-state index is -0.488. The first-order chi connectivity index (χ1) is 16.0. The minimum absolute atomic E-state index is 0.0744. The van der Waals surface area contributed by atoms with Crippen molar-refractivity contribution in [3.63, 3.8) is 0 Å². The first-order valence-corrected chi connectivity index (χ1v) is 10.2. The number of benzene rings is 3. The fourth-order valence-corrected chi connectivity index (χ4v) is 3.13. The van der Waals surface area contributed by atoms with Crippen molar-refractivity contribution in [3.8, 4) is 0 Å². The summed E-state index contributed by atoms with van der Waals surface area (Å²) in [5.74, 6) is -0.795. The highest BCUT2D eigenvalue weighted by Gasteiger charge is 2.17. The van der Waals surface area contributed by atoms with Crippen LogP contribution in [0.25, 0.3) is 11.6 Å². The molecule has 0 aliphatic rings. The van der Waals surface area contributed by atoms with Crippen LogP contribution in [0.5, 0.6) is 0 Å². The number of carbonyl (C=O) groups excluding carboxylic acids is 2. The van der Waals surface area contributed by atoms with Crippen LogP contribution in [0.4, 0.5) is 11.4 Å². The van der Waals surface area contributed by atoms with Crippen molar-refractivity contribution < 1.29 is 19.2 Å². The van der Waals surface area contributed by atoms with Crippen LogP contribution in [0.15, 0.2) is 78.9 Å². The average Bonchev–Trinajstić information content (AvgIpc) is 2.83. The number of hydrogen-bond acceptors (Lipinski definition) is 5. The van der Waals surface area contributed by atoms with Gasteiger partial charge in [0.15, 0.2) is 0 Å². The van der Waals surface area contributed by atoms with E-state index in [4.69, 9.17) is 4.74 Å². The molecule has 0 aliphatic carbocycles. The molecule has 33 heavy (non-hydrogen) atoms. The summed E-state index contributed by atoms with van der Waals surface area (Å²) >= 11 is 0. The van der Waals surface area contributed by atoms with Crippen molar-refractivity contribution in [1.29, 1.82) is 0 Å². The van der Waals surface area contributed by atoms with E-state index in [0.29, 0.717) is 41.1 Å². The highest BCUT2D eigenvalue weighted by atomic mass is 16.6. The lowest BCUT2D eigenvalue weighted by molar-refractivity contribution is -0.384. The first kappa shape index (κ1) is 23.4. The molecular weight excluding hydrogens is 422 g/mol. The lowest BCUT2D eigenvalue weighted by Gasteiger charge is -2.13. The zero-order chi connectivity index (χ0) is 23.6. The molecule has 3 rings (SSSR count). The van der Waals surface area contributed by atoms with E-state index in [1.807, 2.05) is 6.07 Å². The largest absolute Gasteiger partial charge is 0.383 e. The van der Waals surface area contributed by atoms with Crippen LogP contribution in [0.1, 0.15) is 21.5 Å². The smallest absolute Gasteiger partial charge is 0.270 e. The summed E-state index contributed by atoms with van der Waals surface area (Å²) in [4.78, 5) is 36.5. The molecule has 0 aromatic heterocycles. The normalized spacial score (nSPS) is 11.0. The fraction of sp³-hybridized carbons (Fsp3) is 0.120. The van der Waals surface area contributed by atoms with Gasteiger partial charge in [-0.2, -0.15) is 0 Å². The second-order valence-corrected chi connectivity index (χ2v) is 7.02. The van der Waals surface area contributed by atoms with Gasteiger partial charge in [0.2, 0.25) is 0 Å². The Morgan fingerprint density at radius 2 is 1.73 bits per heavy atom. The number of amides is 2. The number of nitro groups is 1. The van der Waals surface area contributed by atoms with E-state index >= 15 is 0 Å². The van der Waals surface area contributed by atoms with Crippen molar-refractivity contribution in [3.05, 3.63) is 106 Å². The molecule has 0 spiro atoms. The highest BCUT2D eigenvalue weighted by Crippen LogP contribution is 2.24. The molecule has 168 valence electrons. The molecule has 0 unspecified atom stereocenters. The van der Waals surface area contributed by atoms with Gasteiger partial charge in [0.05, 0.1) is 22.8 Å². The second kappa shape index (κ2) is 11.4. The molecule has 2 N–H and O–H groups in total. The number of nitrogens with one attached hydrogen (secondary N) is 2. The maximum absolute atomic E-state index is 13.3. The van der Waals surface area contributed by atoms with E-state index in [-0.39, 0.29) is 11.6 Å². The number of carbonyl (C=O) groups is 2. The van der Waals surface area contributed by atoms with Crippen LogP contribution in [0.2, 0.25) is 0 Å². The van der Waals surface area contributed by atoms with E-state index in [9.17, 15) is 19.7 Å². The van der Waals surface area contributed by atoms with Gasteiger partial charge in [-0.3, -0.25) is 19.7 Å². The molecule has 8 heteroatoms. The van der Waals surface area contributed by atoms with E-state index in [1.165, 1.54) is 12.1 Å². The molecule has 2 amide bonds. The maximum atomic E-state index is 13.3. The van der Waals surface area contributed by atoms with Gasteiger partial charge in [0, 0.05) is 31.4 Å². The Bertz CT molecular complexity index is 1180. The summed E-state index contributed by atoms with van der Waals surface area (Å²) in [5, 5.41) is 16.7. The summed E-state index contributed by atoms with van der Waals surface area (Å²) in [6.07, 6.45) is 1.58. The number of methoxy groups -OCH3 is 1. The molecule has 0 atom stereocenters. The molecule has 0 bridgehead atoms. The van der Waals surface area contributed by atoms with E-state index in [2.05, 4.69) is 10.6 Å². The highest BCUT2D eigenvalue weighted by molar-refractivity contribution is 6.29. The maximum Gasteiger partial charge on any atom is 0.270 e. The SMILES string of the molecule is COCCNC(=O)c1ccccc1NC(=O)/C(=C/c1cccc([N+](=O)[O-])c1)c1ccccc1. The summed E-state index contributed by atoms with van der Waals surface area (Å²) in [7, 11) is 1.54. The zero-order valence-electron chi connectivity index (χ0n) is 18.0. The minimum Gasteiger partial charge on any atom is -0.383 e. The van der Waals surface area contributed by atoms with Gasteiger partial charge in [-0.1, -0.05) is 54.6 Å². The van der Waals surface area contributed by atoms with Crippen LogP contribution in [-0.2, 0) is 9.53 Å². The first-order valence-electron chi connectivity index (χ1n) is 10.2. The van der Waals surface area contributed by atoms with E-state index in [1.54, 1.807) is 73.8 Å². The van der Waals surface area contributed by atoms with Crippen LogP contribution in [0.3, 0.4) is 0 Å². The molecule has 0 aliphatic heterocycles. The third kappa shape index (κ3) is 6.34. The number of hydrogen-bond donors (Lipinski definition) is 2. The van der Waals surface area contributed by atoms with Crippen LogP contribution >= 0.6 is 0 Å². The monoisotopic (exact) mass is 445 g/mol. The third-order valence-electron chi connectivity index (χ3n) is 4.73. The molecule has 3 aromatic carbocycles. The average molecular weight is 445 g/mol. The van der Waals surface area contributed by atoms with E-state index < -0.39 is 10.8 Å². The third-order valence-corrected chi connectivity index (χ3v) is 4.73. The molecule has 0 radical (unpaired) electrons. The number of nitro benzene ring substituents is 1. The summed E-state index contributed by atoms with van der Waals surface area (Å²) in [5.41, 5.74) is 2.01. The Morgan fingerprint density at radius 1 is 1.00 bits per heavy atom. The molecule has 0 saturated carbocycles. The van der Waals surface area contributed by atoms with Gasteiger partial charge in [-0.25, -0.2) is 0 Å². The fourth-order valence-electron chi connectivity index (χ4n) is 3.13. The number of ether oxygens (including phenoxy) is 1. The quantitative estimate of drug-likeness (QED) is 0.169. The predicted molar refractivity (Wildman–Crippen MR) is 127 cm³/mol. The van der Waals surface area contributed by atoms with Crippen LogP contribution in [-0.4, -0.2) is 37.0 Å². The molecule has 0 saturated heterocycles. The molecule has 0 fully saturated rings. The van der Waals surface area contributed by atoms with E-state index in [0.717, 1.165) is 0 Å². The number of rotatable bonds is 9. The van der Waals surface area contributed by atoms with Gasteiger partial charge in [-0.05, 0) is 29.3 Å². The number of nitrogens with zero attached hydrogens (tertiary/aromatic N) is 1. The number of anilines is 1. The Labute approximate surface area is 191 Å². The predicted octanol–water partition coefficient (Wildman–Crippen LogP) is 4.15. The molecular formula is C25H23N3O5. The van der Waals surface area contributed by atoms with Crippen molar-refractivity contribution in [1.82, 2.24) is 5.32 Å². The van der Waals surface area contributed by atoms with Gasteiger partial charge >= 0.3 is 0 Å². The Hall–Kier alpha value is -4.30. The van der Waals surface area contributed by atoms with Crippen molar-refractivity contribution in [2.45, 2.75) is 0 Å². The van der Waals surface area contributed by atoms with Gasteiger partial charge in [-0.15, -0.1) is 0 Å². The second-order valence-electron chi connectivity index (χ2n) is 7.02. The standard InChI is InChI=1S/C25H23N3O5/c1-33-15-14-26-24(29)21-12-5-6-13-23(21)27-25(30)22(19-9-3-2-4-10-19)17-18-8-7-11-20(16-18)28(31)32/h2-13,16-17H,14-15H2,1H3,(H,26,29)(H,27,30)/b22-17+. The molecule has 3 aromatic rings. The van der Waals surface area contributed by atoms with Crippen molar-refractivity contribution in [2.75, 3.05) is 25.6 Å². The van der Waals surface area contributed by atoms with Crippen LogP contribution < -0.4 is 10.6 Å². The summed E-state index contributed by atoms with van der Waals surface area (Å²) < 4.78 is 4.95. The summed E-state index contributed by atoms with van der Waals surface area (Å²) in [6.45, 7) is 0.698. The zero-order valence-corrected chi connectivity index (χ0v) is 18.0. The van der Waals surface area contributed by atoms with Crippen molar-refractivity contribution in [2.24, 2.45) is 0 Å². The Balaban J connectivity index is 1.94. The van der Waals surface area contributed by atoms with Crippen LogP contribution in [0, 0.1) is 10.1 Å². The number of para-hydroxylation sites is 1. The topological polar surface area (TPSA) is 111 Å². The number of non-ortho nitro benzene ring substituents is 1. The Kier molecular flexibility index (Phi) is 8.04. The Morgan fingerprint density at radius 3 is 2.45 bits per heavy atom. The lowest BCUT2D eigenvalue weighted by Crippen LogP contribution is -2.28. The van der Waals surface area contributed by atoms with Crippen molar-refractivity contribution >= 4 is 34.8 Å². The molecule has 8 nitrogen and oxygen atoms in total. The van der Waals surface area contributed by atoms with Gasteiger partial charge in [0.1, 0.15) is 0 Å². The lowest BCUT2D eigenvalue weighted by atomic mass is 10.0. The summed E-state index contributed by atoms with van der Waals surface area (Å²) in [6, 6.07) is 21.7. The van der Waals surface area contributed by atoms with Gasteiger partial charge < -0.3 is 15.4 Å².